The molecule has 1 amide bonds. The standard InChI is InChI=1S/C24H25N3O3S/c1-4-30-24(29)19-13-18(10-11-25-19)23-26-20(14-31-23)16-8-9-21-17(12-16)6-5-7-22(28)27(21)15(2)3/h8-15H,4-7H2,1-3H3. The van der Waals surface area contributed by atoms with Crippen LogP contribution >= 0.6 is 11.3 Å². The molecule has 1 aromatic carbocycles. The largest absolute Gasteiger partial charge is 0.461 e. The fourth-order valence-corrected chi connectivity index (χ4v) is 4.68. The van der Waals surface area contributed by atoms with Gasteiger partial charge in [0.05, 0.1) is 12.3 Å². The number of pyridine rings is 1. The van der Waals surface area contributed by atoms with Gasteiger partial charge < -0.3 is 9.64 Å². The van der Waals surface area contributed by atoms with Crippen molar-refractivity contribution in [2.75, 3.05) is 11.5 Å². The average Bonchev–Trinajstić information content (AvgIpc) is 3.18. The van der Waals surface area contributed by atoms with E-state index >= 15 is 0 Å². The lowest BCUT2D eigenvalue weighted by molar-refractivity contribution is -0.118. The SMILES string of the molecule is CCOC(=O)c1cc(-c2nc(-c3ccc4c(c3)CCCC(=O)N4C(C)C)cs2)ccn1. The van der Waals surface area contributed by atoms with E-state index in [1.165, 1.54) is 16.9 Å². The quantitative estimate of drug-likeness (QED) is 0.520. The minimum atomic E-state index is -0.434. The third-order valence-corrected chi connectivity index (χ3v) is 6.14. The number of rotatable bonds is 5. The van der Waals surface area contributed by atoms with Crippen molar-refractivity contribution in [3.8, 4) is 21.8 Å². The number of aromatic nitrogens is 2. The van der Waals surface area contributed by atoms with Crippen molar-refractivity contribution in [2.24, 2.45) is 0 Å². The molecule has 0 fully saturated rings. The maximum absolute atomic E-state index is 12.5. The third kappa shape index (κ3) is 4.37. The number of ether oxygens (including phenoxy) is 1. The van der Waals surface area contributed by atoms with E-state index in [-0.39, 0.29) is 17.6 Å². The highest BCUT2D eigenvalue weighted by atomic mass is 32.1. The van der Waals surface area contributed by atoms with E-state index in [1.54, 1.807) is 19.2 Å². The Morgan fingerprint density at radius 1 is 1.19 bits per heavy atom. The molecular formula is C24H25N3O3S. The maximum Gasteiger partial charge on any atom is 0.356 e. The number of fused-ring (bicyclic) bond motifs is 1. The number of anilines is 1. The molecule has 3 heterocycles. The van der Waals surface area contributed by atoms with Gasteiger partial charge in [0.2, 0.25) is 5.91 Å². The van der Waals surface area contributed by atoms with Crippen LogP contribution in [-0.4, -0.2) is 34.5 Å². The van der Waals surface area contributed by atoms with Crippen LogP contribution in [0.1, 0.15) is 49.7 Å². The molecule has 0 atom stereocenters. The first-order chi connectivity index (χ1) is 15.0. The van der Waals surface area contributed by atoms with Crippen LogP contribution in [0.25, 0.3) is 21.8 Å². The van der Waals surface area contributed by atoms with Crippen molar-refractivity contribution in [1.82, 2.24) is 9.97 Å². The van der Waals surface area contributed by atoms with Gasteiger partial charge in [0, 0.05) is 40.9 Å². The zero-order valence-corrected chi connectivity index (χ0v) is 18.7. The van der Waals surface area contributed by atoms with Crippen molar-refractivity contribution in [2.45, 2.75) is 46.1 Å². The molecular weight excluding hydrogens is 410 g/mol. The van der Waals surface area contributed by atoms with Gasteiger partial charge in [-0.15, -0.1) is 11.3 Å². The highest BCUT2D eigenvalue weighted by Crippen LogP contribution is 2.34. The number of hydrogen-bond donors (Lipinski definition) is 0. The number of aryl methyl sites for hydroxylation is 1. The highest BCUT2D eigenvalue weighted by molar-refractivity contribution is 7.13. The number of thiazole rings is 1. The fraction of sp³-hybridized carbons (Fsp3) is 0.333. The van der Waals surface area contributed by atoms with Gasteiger partial charge in [-0.25, -0.2) is 14.8 Å². The minimum Gasteiger partial charge on any atom is -0.461 e. The van der Waals surface area contributed by atoms with E-state index in [2.05, 4.69) is 11.1 Å². The monoisotopic (exact) mass is 435 g/mol. The van der Waals surface area contributed by atoms with E-state index in [0.717, 1.165) is 40.4 Å². The molecule has 0 N–H and O–H groups in total. The Morgan fingerprint density at radius 2 is 2.03 bits per heavy atom. The van der Waals surface area contributed by atoms with Crippen molar-refractivity contribution in [1.29, 1.82) is 0 Å². The Kier molecular flexibility index (Phi) is 6.13. The molecule has 0 saturated heterocycles. The number of esters is 1. The Labute approximate surface area is 185 Å². The second kappa shape index (κ2) is 8.98. The molecule has 0 saturated carbocycles. The molecule has 7 heteroatoms. The van der Waals surface area contributed by atoms with E-state index < -0.39 is 5.97 Å². The lowest BCUT2D eigenvalue weighted by Crippen LogP contribution is -2.36. The first-order valence-electron chi connectivity index (χ1n) is 10.5. The van der Waals surface area contributed by atoms with E-state index in [9.17, 15) is 9.59 Å². The average molecular weight is 436 g/mol. The predicted molar refractivity (Wildman–Crippen MR) is 122 cm³/mol. The lowest BCUT2D eigenvalue weighted by Gasteiger charge is -2.27. The van der Waals surface area contributed by atoms with Crippen LogP contribution in [0.2, 0.25) is 0 Å². The molecule has 2 aromatic heterocycles. The van der Waals surface area contributed by atoms with Crippen molar-refractivity contribution >= 4 is 28.9 Å². The summed E-state index contributed by atoms with van der Waals surface area (Å²) in [6.07, 6.45) is 3.91. The summed E-state index contributed by atoms with van der Waals surface area (Å²) in [5, 5.41) is 2.83. The number of hydrogen-bond acceptors (Lipinski definition) is 6. The van der Waals surface area contributed by atoms with Gasteiger partial charge in [-0.1, -0.05) is 6.07 Å². The van der Waals surface area contributed by atoms with Crippen LogP contribution in [0, 0.1) is 0 Å². The molecule has 6 nitrogen and oxygen atoms in total. The van der Waals surface area contributed by atoms with Crippen LogP contribution in [0.15, 0.2) is 41.9 Å². The normalized spacial score (nSPS) is 13.8. The smallest absolute Gasteiger partial charge is 0.356 e. The Bertz CT molecular complexity index is 1120. The summed E-state index contributed by atoms with van der Waals surface area (Å²) in [4.78, 5) is 35.3. The number of carbonyl (C=O) groups excluding carboxylic acids is 2. The van der Waals surface area contributed by atoms with Crippen molar-refractivity contribution in [3.63, 3.8) is 0 Å². The van der Waals surface area contributed by atoms with Gasteiger partial charge >= 0.3 is 5.97 Å². The number of benzene rings is 1. The maximum atomic E-state index is 12.5. The van der Waals surface area contributed by atoms with Crippen molar-refractivity contribution < 1.29 is 14.3 Å². The molecule has 0 bridgehead atoms. The van der Waals surface area contributed by atoms with Gasteiger partial charge in [0.15, 0.2) is 0 Å². The summed E-state index contributed by atoms with van der Waals surface area (Å²) < 4.78 is 5.04. The number of amides is 1. The summed E-state index contributed by atoms with van der Waals surface area (Å²) in [7, 11) is 0. The van der Waals surface area contributed by atoms with Gasteiger partial charge in [-0.2, -0.15) is 0 Å². The van der Waals surface area contributed by atoms with Crippen LogP contribution in [0.4, 0.5) is 5.69 Å². The summed E-state index contributed by atoms with van der Waals surface area (Å²) in [6, 6.07) is 9.90. The number of nitrogens with zero attached hydrogens (tertiary/aromatic N) is 3. The van der Waals surface area contributed by atoms with Gasteiger partial charge in [0.25, 0.3) is 0 Å². The zero-order valence-electron chi connectivity index (χ0n) is 17.9. The molecule has 31 heavy (non-hydrogen) atoms. The first kappa shape index (κ1) is 21.2. The van der Waals surface area contributed by atoms with Gasteiger partial charge in [-0.05, 0) is 63.4 Å². The molecule has 160 valence electrons. The van der Waals surface area contributed by atoms with Gasteiger partial charge in [0.1, 0.15) is 10.7 Å². The van der Waals surface area contributed by atoms with Crippen LogP contribution in [0.5, 0.6) is 0 Å². The number of carbonyl (C=O) groups is 2. The Morgan fingerprint density at radius 3 is 2.81 bits per heavy atom. The second-order valence-corrected chi connectivity index (χ2v) is 8.60. The molecule has 0 spiro atoms. The predicted octanol–water partition coefficient (Wildman–Crippen LogP) is 5.13. The van der Waals surface area contributed by atoms with E-state index in [0.29, 0.717) is 13.0 Å². The van der Waals surface area contributed by atoms with E-state index in [4.69, 9.17) is 9.72 Å². The summed E-state index contributed by atoms with van der Waals surface area (Å²) in [5.41, 5.74) is 5.20. The third-order valence-electron chi connectivity index (χ3n) is 5.25. The summed E-state index contributed by atoms with van der Waals surface area (Å²) in [5.74, 6) is -0.247. The Balaban J connectivity index is 1.65. The first-order valence-corrected chi connectivity index (χ1v) is 11.4. The molecule has 1 aliphatic heterocycles. The van der Waals surface area contributed by atoms with Crippen LogP contribution < -0.4 is 4.90 Å². The molecule has 0 unspecified atom stereocenters. The highest BCUT2D eigenvalue weighted by Gasteiger charge is 2.25. The topological polar surface area (TPSA) is 72.4 Å². The van der Waals surface area contributed by atoms with Crippen molar-refractivity contribution in [3.05, 3.63) is 53.2 Å². The second-order valence-electron chi connectivity index (χ2n) is 7.74. The molecule has 0 radical (unpaired) electrons. The minimum absolute atomic E-state index is 0.126. The van der Waals surface area contributed by atoms with Crippen LogP contribution in [-0.2, 0) is 16.0 Å². The molecule has 0 aliphatic carbocycles. The van der Waals surface area contributed by atoms with E-state index in [1.807, 2.05) is 42.3 Å². The lowest BCUT2D eigenvalue weighted by atomic mass is 10.0. The zero-order chi connectivity index (χ0) is 22.0. The molecule has 3 aromatic rings. The summed E-state index contributed by atoms with van der Waals surface area (Å²) in [6.45, 7) is 6.18. The van der Waals surface area contributed by atoms with Gasteiger partial charge in [-0.3, -0.25) is 4.79 Å². The fourth-order valence-electron chi connectivity index (χ4n) is 3.85. The Hall–Kier alpha value is -3.06. The molecule has 4 rings (SSSR count). The summed E-state index contributed by atoms with van der Waals surface area (Å²) >= 11 is 1.52. The van der Waals surface area contributed by atoms with Crippen LogP contribution in [0.3, 0.4) is 0 Å². The molecule has 1 aliphatic rings.